The first-order valence-electron chi connectivity index (χ1n) is 15.8. The zero-order chi connectivity index (χ0) is 42.8. The smallest absolute Gasteiger partial charge is 0.265 e. The van der Waals surface area contributed by atoms with Crippen LogP contribution in [0.1, 0.15) is 41.4 Å². The van der Waals surface area contributed by atoms with Gasteiger partial charge in [-0.1, -0.05) is 0 Å². The summed E-state index contributed by atoms with van der Waals surface area (Å²) in [4.78, 5) is 83.5. The van der Waals surface area contributed by atoms with Crippen LogP contribution in [0.5, 0.6) is 0 Å². The summed E-state index contributed by atoms with van der Waals surface area (Å²) in [7, 11) is 2.66. The molecule has 56 heavy (non-hydrogen) atoms. The zero-order valence-electron chi connectivity index (χ0n) is 29.1. The SMILES string of the molecule is CNC(=O)c1c(I)c(C(=O)NCC(O)CO)c(I)c(N(CCO)C(=O)C(O)C(=O)N(CCO)c2c(I)c(C(=O)NC)c(I)c(C(=O)NCC(O)CO)c2I)c1I. The van der Waals surface area contributed by atoms with Gasteiger partial charge in [-0.2, -0.15) is 0 Å². The van der Waals surface area contributed by atoms with Gasteiger partial charge in [-0.25, -0.2) is 0 Å². The molecule has 0 aliphatic heterocycles. The molecule has 2 unspecified atom stereocenters. The van der Waals surface area contributed by atoms with Crippen LogP contribution < -0.4 is 31.1 Å². The number of hydrogen-bond donors (Lipinski definition) is 11. The number of anilines is 2. The number of aliphatic hydroxyl groups excluding tert-OH is 7. The third kappa shape index (κ3) is 11.8. The Labute approximate surface area is 401 Å². The number of carbonyl (C=O) groups excluding carboxylic acids is 6. The molecular weight excluding hydrogens is 1430 g/mol. The Balaban J connectivity index is 2.89. The van der Waals surface area contributed by atoms with Crippen molar-refractivity contribution in [2.24, 2.45) is 0 Å². The average Bonchev–Trinajstić information content (AvgIpc) is 3.16. The van der Waals surface area contributed by atoms with Gasteiger partial charge in [0.25, 0.3) is 35.4 Å². The predicted octanol–water partition coefficient (Wildman–Crippen LogP) is -1.09. The first kappa shape index (κ1) is 51.5. The Hall–Kier alpha value is -0.640. The minimum absolute atomic E-state index is 0.0487. The molecule has 0 saturated carbocycles. The Kier molecular flexibility index (Phi) is 22.0. The van der Waals surface area contributed by atoms with Crippen molar-refractivity contribution in [2.75, 3.05) is 76.5 Å². The molecule has 2 aromatic rings. The lowest BCUT2D eigenvalue weighted by atomic mass is 10.0. The molecule has 0 saturated heterocycles. The highest BCUT2D eigenvalue weighted by molar-refractivity contribution is 14.1. The van der Waals surface area contributed by atoms with Crippen LogP contribution in [0, 0.1) is 21.4 Å². The number of carbonyl (C=O) groups is 6. The van der Waals surface area contributed by atoms with E-state index in [4.69, 9.17) is 0 Å². The minimum atomic E-state index is -2.58. The number of benzene rings is 2. The molecule has 2 atom stereocenters. The van der Waals surface area contributed by atoms with E-state index < -0.39 is 93.3 Å². The van der Waals surface area contributed by atoms with Crippen LogP contribution >= 0.6 is 136 Å². The summed E-state index contributed by atoms with van der Waals surface area (Å²) in [5.41, 5.74) is -0.685. The Morgan fingerprint density at radius 2 is 0.804 bits per heavy atom. The van der Waals surface area contributed by atoms with Crippen LogP contribution in [0.2, 0.25) is 0 Å². The first-order valence-corrected chi connectivity index (χ1v) is 22.3. The van der Waals surface area contributed by atoms with Gasteiger partial charge in [-0.05, 0) is 136 Å². The molecular formula is C31H36I6N6O13. The van der Waals surface area contributed by atoms with Crippen LogP contribution in [0.25, 0.3) is 0 Å². The number of nitrogens with one attached hydrogen (secondary N) is 4. The molecule has 0 radical (unpaired) electrons. The van der Waals surface area contributed by atoms with Gasteiger partial charge in [0.15, 0.2) is 0 Å². The van der Waals surface area contributed by atoms with Gasteiger partial charge in [0.05, 0.1) is 86.5 Å². The van der Waals surface area contributed by atoms with Gasteiger partial charge < -0.3 is 66.8 Å². The van der Waals surface area contributed by atoms with E-state index in [1.54, 1.807) is 136 Å². The predicted molar refractivity (Wildman–Crippen MR) is 252 cm³/mol. The summed E-state index contributed by atoms with van der Waals surface area (Å²) in [6, 6.07) is 0. The summed E-state index contributed by atoms with van der Waals surface area (Å²) < 4.78 is 0.557. The molecule has 25 heteroatoms. The third-order valence-electron chi connectivity index (χ3n) is 7.55. The third-order valence-corrected chi connectivity index (χ3v) is 13.9. The van der Waals surface area contributed by atoms with Gasteiger partial charge in [0, 0.05) is 47.4 Å². The number of aliphatic hydroxyl groups is 7. The van der Waals surface area contributed by atoms with Crippen molar-refractivity contribution in [3.05, 3.63) is 43.7 Å². The van der Waals surface area contributed by atoms with Crippen molar-refractivity contribution < 1.29 is 64.5 Å². The highest BCUT2D eigenvalue weighted by Gasteiger charge is 2.40. The number of amides is 6. The van der Waals surface area contributed by atoms with Gasteiger partial charge in [-0.3, -0.25) is 28.8 Å². The molecule has 6 amide bonds. The van der Waals surface area contributed by atoms with E-state index in [1.165, 1.54) is 14.1 Å². The maximum absolute atomic E-state index is 14.3. The van der Waals surface area contributed by atoms with Crippen molar-refractivity contribution in [3.8, 4) is 0 Å². The molecule has 0 aliphatic rings. The second-order valence-corrected chi connectivity index (χ2v) is 17.6. The van der Waals surface area contributed by atoms with Crippen molar-refractivity contribution in [1.82, 2.24) is 21.3 Å². The van der Waals surface area contributed by atoms with Crippen molar-refractivity contribution in [3.63, 3.8) is 0 Å². The van der Waals surface area contributed by atoms with E-state index in [0.717, 1.165) is 9.80 Å². The molecule has 0 fully saturated rings. The largest absolute Gasteiger partial charge is 0.395 e. The van der Waals surface area contributed by atoms with Gasteiger partial charge in [-0.15, -0.1) is 0 Å². The van der Waals surface area contributed by atoms with Crippen molar-refractivity contribution in [1.29, 1.82) is 0 Å². The fourth-order valence-electron chi connectivity index (χ4n) is 4.82. The number of rotatable bonds is 18. The van der Waals surface area contributed by atoms with E-state index in [1.807, 2.05) is 0 Å². The Morgan fingerprint density at radius 1 is 0.518 bits per heavy atom. The lowest BCUT2D eigenvalue weighted by molar-refractivity contribution is -0.138. The van der Waals surface area contributed by atoms with Crippen LogP contribution in [0.15, 0.2) is 0 Å². The molecule has 2 aromatic carbocycles. The molecule has 0 bridgehead atoms. The standard InChI is InChI=1S/C31H36I6N6O13/c1-38-26(51)13-17(32)15(28(53)40-7-11(48)9-46)21(36)23(19(13)34)42(3-5-44)30(55)25(50)31(56)43(4-6-45)24-20(35)14(27(52)39-2)18(33)16(22(24)37)29(54)41-8-12(49)10-47/h11-12,25,44-50H,3-10H2,1-2H3,(H,38,51)(H,39,52)(H,40,53)(H,41,54). The quantitative estimate of drug-likeness (QED) is 0.0626. The topological polar surface area (TPSA) is 299 Å². The lowest BCUT2D eigenvalue weighted by Crippen LogP contribution is -2.51. The summed E-state index contributed by atoms with van der Waals surface area (Å²) in [5.74, 6) is -5.63. The zero-order valence-corrected chi connectivity index (χ0v) is 42.1. The van der Waals surface area contributed by atoms with E-state index in [9.17, 15) is 64.5 Å². The van der Waals surface area contributed by atoms with Crippen LogP contribution in [0.3, 0.4) is 0 Å². The summed E-state index contributed by atoms with van der Waals surface area (Å²) in [5, 5.41) is 79.7. The summed E-state index contributed by atoms with van der Waals surface area (Å²) >= 11 is 10.5. The lowest BCUT2D eigenvalue weighted by Gasteiger charge is -2.32. The molecule has 0 spiro atoms. The first-order chi connectivity index (χ1) is 26.3. The van der Waals surface area contributed by atoms with E-state index in [0.29, 0.717) is 0 Å². The number of hydrogen-bond acceptors (Lipinski definition) is 13. The molecule has 2 rings (SSSR count). The van der Waals surface area contributed by atoms with E-state index in [2.05, 4.69) is 21.3 Å². The molecule has 0 aromatic heterocycles. The van der Waals surface area contributed by atoms with E-state index in [-0.39, 0.29) is 68.1 Å². The van der Waals surface area contributed by atoms with Gasteiger partial charge >= 0.3 is 0 Å². The average molecular weight is 1460 g/mol. The van der Waals surface area contributed by atoms with Gasteiger partial charge in [0.1, 0.15) is 0 Å². The van der Waals surface area contributed by atoms with E-state index >= 15 is 0 Å². The maximum Gasteiger partial charge on any atom is 0.265 e. The normalized spacial score (nSPS) is 12.6. The van der Waals surface area contributed by atoms with Crippen LogP contribution in [0.4, 0.5) is 11.4 Å². The van der Waals surface area contributed by atoms with Crippen molar-refractivity contribution in [2.45, 2.75) is 18.3 Å². The highest BCUT2D eigenvalue weighted by Crippen LogP contribution is 2.40. The second-order valence-electron chi connectivity index (χ2n) is 11.2. The number of nitrogens with zero attached hydrogens (tertiary/aromatic N) is 2. The Morgan fingerprint density at radius 3 is 1.05 bits per heavy atom. The monoisotopic (exact) mass is 1460 g/mol. The van der Waals surface area contributed by atoms with Crippen LogP contribution in [-0.2, 0) is 9.59 Å². The van der Waals surface area contributed by atoms with Crippen molar-refractivity contribution >= 4 is 182 Å². The highest BCUT2D eigenvalue weighted by atomic mass is 127. The summed E-state index contributed by atoms with van der Waals surface area (Å²) in [6.07, 6.45) is -5.21. The molecule has 19 nitrogen and oxygen atoms in total. The molecule has 11 N–H and O–H groups in total. The second kappa shape index (κ2) is 24.0. The fourth-order valence-corrected chi connectivity index (χ4v) is 14.3. The molecule has 0 heterocycles. The Bertz CT molecular complexity index is 1730. The van der Waals surface area contributed by atoms with Gasteiger partial charge in [0.2, 0.25) is 6.10 Å². The molecule has 310 valence electrons. The number of halogens is 6. The minimum Gasteiger partial charge on any atom is -0.395 e. The summed E-state index contributed by atoms with van der Waals surface area (Å²) in [6.45, 7) is -4.65. The molecule has 0 aliphatic carbocycles. The fraction of sp³-hybridized carbons (Fsp3) is 0.419. The van der Waals surface area contributed by atoms with Crippen LogP contribution in [-0.4, -0.2) is 156 Å². The maximum atomic E-state index is 14.3.